The van der Waals surface area contributed by atoms with Crippen molar-refractivity contribution in [1.82, 2.24) is 5.32 Å². The van der Waals surface area contributed by atoms with Gasteiger partial charge in [0, 0.05) is 8.35 Å². The van der Waals surface area contributed by atoms with Crippen molar-refractivity contribution < 1.29 is 19.4 Å². The Balaban J connectivity index is -0.000000249. The Hall–Kier alpha value is -0.740. The molecule has 0 aromatic heterocycles. The van der Waals surface area contributed by atoms with Gasteiger partial charge in [-0.05, 0) is 0 Å². The van der Waals surface area contributed by atoms with Crippen LogP contribution in [0.25, 0.3) is 0 Å². The lowest BCUT2D eigenvalue weighted by Gasteiger charge is -2.04. The molecule has 0 spiro atoms. The Morgan fingerprint density at radius 3 is 1.91 bits per heavy atom. The standard InChI is InChI=1S/C4H6F3NO.C2H6.H2/c1-3(9)8-2-4(5,6)7;1-2;/h2H2,1H3,(H,8,9);1-2H3;1H. The fraction of sp³-hybridized carbons (Fsp3) is 0.833. The number of hydrogen-bond donors (Lipinski definition) is 1. The molecule has 0 fully saturated rings. The van der Waals surface area contributed by atoms with Crippen molar-refractivity contribution in [2.24, 2.45) is 0 Å². The van der Waals surface area contributed by atoms with E-state index in [1.54, 1.807) is 5.32 Å². The molecule has 0 saturated carbocycles. The van der Waals surface area contributed by atoms with Crippen LogP contribution in [0, 0.1) is 0 Å². The second kappa shape index (κ2) is 6.00. The van der Waals surface area contributed by atoms with E-state index in [0.29, 0.717) is 0 Å². The van der Waals surface area contributed by atoms with Gasteiger partial charge in [0.25, 0.3) is 0 Å². The minimum Gasteiger partial charge on any atom is -0.347 e. The van der Waals surface area contributed by atoms with Gasteiger partial charge in [0.15, 0.2) is 0 Å². The second-order valence-electron chi connectivity index (χ2n) is 1.52. The van der Waals surface area contributed by atoms with Gasteiger partial charge in [-0.25, -0.2) is 0 Å². The first kappa shape index (κ1) is 12.9. The van der Waals surface area contributed by atoms with Crippen LogP contribution >= 0.6 is 0 Å². The van der Waals surface area contributed by atoms with Crippen LogP contribution < -0.4 is 5.32 Å². The summed E-state index contributed by atoms with van der Waals surface area (Å²) in [5.74, 6) is -0.674. The van der Waals surface area contributed by atoms with Gasteiger partial charge in [-0.3, -0.25) is 4.79 Å². The molecule has 0 aliphatic carbocycles. The minimum atomic E-state index is -4.30. The highest BCUT2D eigenvalue weighted by atomic mass is 19.4. The molecular formula is C6H14F3NO. The summed E-state index contributed by atoms with van der Waals surface area (Å²) in [5, 5.41) is 1.62. The van der Waals surface area contributed by atoms with Crippen molar-refractivity contribution >= 4 is 5.91 Å². The SMILES string of the molecule is CC.CC(=O)NCC(F)(F)F.[HH]. The Kier molecular flexibility index (Phi) is 7.04. The lowest BCUT2D eigenvalue weighted by molar-refractivity contribution is -0.137. The van der Waals surface area contributed by atoms with Gasteiger partial charge in [-0.15, -0.1) is 0 Å². The first-order valence-electron chi connectivity index (χ1n) is 3.23. The average Bonchev–Trinajstić information content (AvgIpc) is 1.87. The molecule has 0 bridgehead atoms. The van der Waals surface area contributed by atoms with E-state index >= 15 is 0 Å². The van der Waals surface area contributed by atoms with Gasteiger partial charge in [0.1, 0.15) is 6.54 Å². The van der Waals surface area contributed by atoms with E-state index in [1.165, 1.54) is 0 Å². The summed E-state index contributed by atoms with van der Waals surface area (Å²) < 4.78 is 33.6. The highest BCUT2D eigenvalue weighted by Crippen LogP contribution is 2.11. The summed E-state index contributed by atoms with van der Waals surface area (Å²) in [7, 11) is 0. The number of alkyl halides is 3. The molecule has 2 nitrogen and oxygen atoms in total. The molecule has 0 radical (unpaired) electrons. The summed E-state index contributed by atoms with van der Waals surface area (Å²) in [6.45, 7) is 3.79. The average molecular weight is 173 g/mol. The Labute approximate surface area is 65.3 Å². The van der Waals surface area contributed by atoms with Gasteiger partial charge >= 0.3 is 6.18 Å². The third-order valence-electron chi connectivity index (χ3n) is 0.538. The molecule has 0 aromatic carbocycles. The van der Waals surface area contributed by atoms with Crippen molar-refractivity contribution in [1.29, 1.82) is 0 Å². The predicted octanol–water partition coefficient (Wildman–Crippen LogP) is 1.96. The number of hydrogen-bond acceptors (Lipinski definition) is 1. The summed E-state index contributed by atoms with van der Waals surface area (Å²) in [5.41, 5.74) is 0. The molecule has 1 amide bonds. The minimum absolute atomic E-state index is 0. The fourth-order valence-corrected chi connectivity index (χ4v) is 0.225. The molecule has 0 aromatic rings. The van der Waals surface area contributed by atoms with Crippen LogP contribution in [0.15, 0.2) is 0 Å². The molecular weight excluding hydrogens is 159 g/mol. The summed E-state index contributed by atoms with van der Waals surface area (Å²) in [4.78, 5) is 9.88. The van der Waals surface area contributed by atoms with Crippen LogP contribution in [0.1, 0.15) is 22.2 Å². The number of halogens is 3. The zero-order valence-corrected chi connectivity index (χ0v) is 6.75. The van der Waals surface area contributed by atoms with Crippen molar-refractivity contribution in [3.63, 3.8) is 0 Å². The summed E-state index contributed by atoms with van der Waals surface area (Å²) >= 11 is 0. The maximum Gasteiger partial charge on any atom is 0.405 e. The molecule has 0 heterocycles. The third kappa shape index (κ3) is 17.6. The number of rotatable bonds is 1. The van der Waals surface area contributed by atoms with Crippen LogP contribution in [0.5, 0.6) is 0 Å². The molecule has 0 unspecified atom stereocenters. The van der Waals surface area contributed by atoms with E-state index in [0.717, 1.165) is 6.92 Å². The van der Waals surface area contributed by atoms with Gasteiger partial charge in [-0.1, -0.05) is 13.8 Å². The molecule has 70 valence electrons. The van der Waals surface area contributed by atoms with Crippen LogP contribution in [-0.2, 0) is 4.79 Å². The highest BCUT2D eigenvalue weighted by molar-refractivity contribution is 5.72. The Bertz CT molecular complexity index is 116. The first-order chi connectivity index (χ1) is 4.92. The highest BCUT2D eigenvalue weighted by Gasteiger charge is 2.26. The summed E-state index contributed by atoms with van der Waals surface area (Å²) in [6.07, 6.45) is -4.30. The Morgan fingerprint density at radius 1 is 1.45 bits per heavy atom. The largest absolute Gasteiger partial charge is 0.405 e. The molecule has 5 heteroatoms. The first-order valence-corrected chi connectivity index (χ1v) is 3.23. The smallest absolute Gasteiger partial charge is 0.347 e. The van der Waals surface area contributed by atoms with Crippen LogP contribution in [0.2, 0.25) is 0 Å². The van der Waals surface area contributed by atoms with Crippen molar-refractivity contribution in [2.75, 3.05) is 6.54 Å². The maximum absolute atomic E-state index is 11.2. The molecule has 0 saturated heterocycles. The molecule has 11 heavy (non-hydrogen) atoms. The fourth-order valence-electron chi connectivity index (χ4n) is 0.225. The predicted molar refractivity (Wildman–Crippen MR) is 38.2 cm³/mol. The topological polar surface area (TPSA) is 29.1 Å². The van der Waals surface area contributed by atoms with Crippen LogP contribution in [0.3, 0.4) is 0 Å². The van der Waals surface area contributed by atoms with Crippen molar-refractivity contribution in [3.8, 4) is 0 Å². The molecule has 0 atom stereocenters. The van der Waals surface area contributed by atoms with Crippen molar-refractivity contribution in [3.05, 3.63) is 0 Å². The van der Waals surface area contributed by atoms with Crippen LogP contribution in [0.4, 0.5) is 13.2 Å². The normalized spacial score (nSPS) is 9.64. The van der Waals surface area contributed by atoms with Gasteiger partial charge in [0.2, 0.25) is 5.91 Å². The lowest BCUT2D eigenvalue weighted by Crippen LogP contribution is -2.31. The van der Waals surface area contributed by atoms with Gasteiger partial charge < -0.3 is 5.32 Å². The lowest BCUT2D eigenvalue weighted by atomic mass is 10.6. The second-order valence-corrected chi connectivity index (χ2v) is 1.52. The molecule has 1 N–H and O–H groups in total. The maximum atomic E-state index is 11.2. The van der Waals surface area contributed by atoms with E-state index in [2.05, 4.69) is 0 Å². The van der Waals surface area contributed by atoms with Crippen LogP contribution in [-0.4, -0.2) is 18.6 Å². The Morgan fingerprint density at radius 2 is 1.82 bits per heavy atom. The zero-order valence-electron chi connectivity index (χ0n) is 6.75. The summed E-state index contributed by atoms with van der Waals surface area (Å²) in [6, 6.07) is 0. The number of carbonyl (C=O) groups excluding carboxylic acids is 1. The number of carbonyl (C=O) groups is 1. The van der Waals surface area contributed by atoms with E-state index in [9.17, 15) is 18.0 Å². The molecule has 0 aliphatic heterocycles. The van der Waals surface area contributed by atoms with E-state index in [1.807, 2.05) is 13.8 Å². The monoisotopic (exact) mass is 173 g/mol. The molecule has 0 aliphatic rings. The van der Waals surface area contributed by atoms with Crippen molar-refractivity contribution in [2.45, 2.75) is 26.9 Å². The third-order valence-corrected chi connectivity index (χ3v) is 0.538. The van der Waals surface area contributed by atoms with Gasteiger partial charge in [-0.2, -0.15) is 13.2 Å². The zero-order chi connectivity index (χ0) is 9.49. The van der Waals surface area contributed by atoms with E-state index < -0.39 is 18.6 Å². The van der Waals surface area contributed by atoms with E-state index in [4.69, 9.17) is 0 Å². The van der Waals surface area contributed by atoms with E-state index in [-0.39, 0.29) is 1.43 Å². The number of amides is 1. The quantitative estimate of drug-likeness (QED) is 0.645. The molecule has 0 rings (SSSR count). The van der Waals surface area contributed by atoms with Gasteiger partial charge in [0.05, 0.1) is 0 Å². The number of nitrogens with one attached hydrogen (secondary N) is 1.